The Kier molecular flexibility index (Phi) is 14.8. The molecule has 0 radical (unpaired) electrons. The molecule has 0 amide bonds. The van der Waals surface area contributed by atoms with Crippen LogP contribution in [0, 0.1) is 23.7 Å². The number of carbonyl (C=O) groups is 4. The van der Waals surface area contributed by atoms with Crippen molar-refractivity contribution in [2.45, 2.75) is 112 Å². The maximum Gasteiger partial charge on any atom is 0.514 e. The summed E-state index contributed by atoms with van der Waals surface area (Å²) in [5.74, 6) is -3.73. The van der Waals surface area contributed by atoms with Gasteiger partial charge in [0.05, 0.1) is 5.92 Å². The zero-order valence-electron chi connectivity index (χ0n) is 26.5. The van der Waals surface area contributed by atoms with Gasteiger partial charge in [0.15, 0.2) is 11.5 Å². The lowest BCUT2D eigenvalue weighted by atomic mass is 9.79. The fraction of sp³-hybridized carbons (Fsp3) is 0.677. The van der Waals surface area contributed by atoms with Crippen molar-refractivity contribution >= 4 is 24.2 Å². The molecule has 0 fully saturated rings. The SMILES string of the molecule is CCCC(C)C(=O)OC(C)C(C)C(c1ccc(OC(=O)OC(C)C(C)C)c(OC(=O)OC(C)C(C)C)c1)[C@H](N)C(=O)O. The Morgan fingerprint density at radius 3 is 1.71 bits per heavy atom. The van der Waals surface area contributed by atoms with E-state index in [9.17, 15) is 24.3 Å². The van der Waals surface area contributed by atoms with Crippen molar-refractivity contribution in [3.63, 3.8) is 0 Å². The third-order valence-electron chi connectivity index (χ3n) is 7.59. The van der Waals surface area contributed by atoms with Gasteiger partial charge in [0, 0.05) is 11.8 Å². The van der Waals surface area contributed by atoms with E-state index in [0.29, 0.717) is 12.0 Å². The fourth-order valence-electron chi connectivity index (χ4n) is 3.94. The summed E-state index contributed by atoms with van der Waals surface area (Å²) in [4.78, 5) is 49.8. The summed E-state index contributed by atoms with van der Waals surface area (Å²) < 4.78 is 27.1. The maximum absolute atomic E-state index is 12.6. The van der Waals surface area contributed by atoms with Crippen molar-refractivity contribution < 1.29 is 48.0 Å². The van der Waals surface area contributed by atoms with Gasteiger partial charge in [0.1, 0.15) is 24.4 Å². The van der Waals surface area contributed by atoms with Crippen LogP contribution in [0.3, 0.4) is 0 Å². The van der Waals surface area contributed by atoms with Crippen LogP contribution < -0.4 is 15.2 Å². The van der Waals surface area contributed by atoms with Gasteiger partial charge in [-0.3, -0.25) is 9.59 Å². The minimum absolute atomic E-state index is 0.00939. The van der Waals surface area contributed by atoms with Gasteiger partial charge in [-0.25, -0.2) is 9.59 Å². The molecular formula is C31H49NO10. The van der Waals surface area contributed by atoms with Crippen molar-refractivity contribution in [1.29, 1.82) is 0 Å². The quantitative estimate of drug-likeness (QED) is 0.133. The van der Waals surface area contributed by atoms with Gasteiger partial charge in [-0.2, -0.15) is 0 Å². The van der Waals surface area contributed by atoms with Gasteiger partial charge in [-0.15, -0.1) is 0 Å². The molecule has 11 nitrogen and oxygen atoms in total. The van der Waals surface area contributed by atoms with Crippen molar-refractivity contribution in [1.82, 2.24) is 0 Å². The third-order valence-corrected chi connectivity index (χ3v) is 7.59. The van der Waals surface area contributed by atoms with Crippen LogP contribution in [0.25, 0.3) is 0 Å². The molecule has 3 N–H and O–H groups in total. The molecule has 0 spiro atoms. The topological polar surface area (TPSA) is 161 Å². The van der Waals surface area contributed by atoms with E-state index in [4.69, 9.17) is 29.4 Å². The molecule has 0 heterocycles. The number of carbonyl (C=O) groups excluding carboxylic acids is 3. The van der Waals surface area contributed by atoms with Gasteiger partial charge in [-0.05, 0) is 56.7 Å². The zero-order valence-corrected chi connectivity index (χ0v) is 26.5. The van der Waals surface area contributed by atoms with Crippen molar-refractivity contribution in [3.8, 4) is 11.5 Å². The second kappa shape index (κ2) is 16.9. The molecule has 0 aliphatic heterocycles. The van der Waals surface area contributed by atoms with Crippen LogP contribution in [0.1, 0.15) is 93.6 Å². The molecule has 0 bridgehead atoms. The number of benzene rings is 1. The van der Waals surface area contributed by atoms with E-state index >= 15 is 0 Å². The molecular weight excluding hydrogens is 546 g/mol. The van der Waals surface area contributed by atoms with Gasteiger partial charge in [0.25, 0.3) is 0 Å². The number of rotatable bonds is 15. The number of hydrogen-bond donors (Lipinski definition) is 2. The largest absolute Gasteiger partial charge is 0.514 e. The third kappa shape index (κ3) is 11.2. The summed E-state index contributed by atoms with van der Waals surface area (Å²) in [6.45, 7) is 18.1. The molecule has 6 unspecified atom stereocenters. The van der Waals surface area contributed by atoms with Gasteiger partial charge in [0.2, 0.25) is 0 Å². The van der Waals surface area contributed by atoms with Crippen LogP contribution in [0.5, 0.6) is 11.5 Å². The van der Waals surface area contributed by atoms with Crippen LogP contribution >= 0.6 is 0 Å². The number of carboxylic acids is 1. The monoisotopic (exact) mass is 595 g/mol. The highest BCUT2D eigenvalue weighted by atomic mass is 16.7. The number of carboxylic acid groups (broad SMARTS) is 1. The number of esters is 1. The van der Waals surface area contributed by atoms with Crippen molar-refractivity contribution in [2.75, 3.05) is 0 Å². The molecule has 1 aromatic carbocycles. The van der Waals surface area contributed by atoms with Gasteiger partial charge in [-0.1, -0.05) is 61.0 Å². The first-order valence-electron chi connectivity index (χ1n) is 14.6. The van der Waals surface area contributed by atoms with E-state index < -0.39 is 54.5 Å². The normalized spacial score (nSPS) is 16.4. The van der Waals surface area contributed by atoms with Crippen molar-refractivity contribution in [3.05, 3.63) is 23.8 Å². The molecule has 1 aromatic rings. The van der Waals surface area contributed by atoms with Crippen molar-refractivity contribution in [2.24, 2.45) is 29.4 Å². The molecule has 0 aromatic heterocycles. The Labute approximate surface area is 249 Å². The smallest absolute Gasteiger partial charge is 0.480 e. The van der Waals surface area contributed by atoms with E-state index in [1.54, 1.807) is 34.6 Å². The molecule has 11 heteroatoms. The Bertz CT molecular complexity index is 1060. The zero-order chi connectivity index (χ0) is 32.3. The summed E-state index contributed by atoms with van der Waals surface area (Å²) in [7, 11) is 0. The standard InChI is InChI=1S/C31H49NO10/c1-11-12-18(6)29(35)38-22(10)19(7)26(27(32)28(33)34)23-13-14-24(41-30(36)39-20(8)16(2)3)25(15-23)42-31(37)40-21(9)17(4)5/h13-22,26-27H,11-12,32H2,1-10H3,(H,33,34)/t18?,19?,20?,21?,22?,26?,27-/m0/s1. The predicted molar refractivity (Wildman–Crippen MR) is 156 cm³/mol. The minimum Gasteiger partial charge on any atom is -0.480 e. The first kappa shape index (κ1) is 36.7. The number of nitrogens with two attached hydrogens (primary N) is 1. The molecule has 42 heavy (non-hydrogen) atoms. The Morgan fingerprint density at radius 2 is 1.26 bits per heavy atom. The molecule has 238 valence electrons. The summed E-state index contributed by atoms with van der Waals surface area (Å²) >= 11 is 0. The molecule has 1 rings (SSSR count). The average Bonchev–Trinajstić information content (AvgIpc) is 2.89. The summed E-state index contributed by atoms with van der Waals surface area (Å²) in [5, 5.41) is 9.83. The Balaban J connectivity index is 3.48. The first-order chi connectivity index (χ1) is 19.5. The lowest BCUT2D eigenvalue weighted by molar-refractivity contribution is -0.155. The summed E-state index contributed by atoms with van der Waals surface area (Å²) in [6, 6.07) is 2.84. The average molecular weight is 596 g/mol. The van der Waals surface area contributed by atoms with Crippen LogP contribution in [-0.4, -0.2) is 53.7 Å². The molecule has 0 aliphatic rings. The Hall–Kier alpha value is -3.34. The molecule has 0 aliphatic carbocycles. The second-order valence-electron chi connectivity index (χ2n) is 11.6. The predicted octanol–water partition coefficient (Wildman–Crippen LogP) is 6.31. The van der Waals surface area contributed by atoms with E-state index in [2.05, 4.69) is 0 Å². The van der Waals surface area contributed by atoms with E-state index in [0.717, 1.165) is 6.42 Å². The summed E-state index contributed by atoms with van der Waals surface area (Å²) in [6.07, 6.45) is -2.19. The Morgan fingerprint density at radius 1 is 0.762 bits per heavy atom. The highest BCUT2D eigenvalue weighted by molar-refractivity contribution is 5.75. The first-order valence-corrected chi connectivity index (χ1v) is 14.6. The lowest BCUT2D eigenvalue weighted by Gasteiger charge is -2.32. The molecule has 0 saturated carbocycles. The van der Waals surface area contributed by atoms with Crippen LogP contribution in [-0.2, 0) is 23.8 Å². The van der Waals surface area contributed by atoms with E-state index in [-0.39, 0.29) is 35.2 Å². The number of hydrogen-bond acceptors (Lipinski definition) is 10. The number of aliphatic carboxylic acids is 1. The molecule has 7 atom stereocenters. The van der Waals surface area contributed by atoms with Crippen LogP contribution in [0.2, 0.25) is 0 Å². The van der Waals surface area contributed by atoms with Crippen LogP contribution in [0.4, 0.5) is 9.59 Å². The fourth-order valence-corrected chi connectivity index (χ4v) is 3.94. The second-order valence-corrected chi connectivity index (χ2v) is 11.6. The van der Waals surface area contributed by atoms with E-state index in [1.807, 2.05) is 34.6 Å². The summed E-state index contributed by atoms with van der Waals surface area (Å²) in [5.41, 5.74) is 6.50. The molecule has 0 saturated heterocycles. The highest BCUT2D eigenvalue weighted by Crippen LogP contribution is 2.37. The lowest BCUT2D eigenvalue weighted by Crippen LogP contribution is -2.43. The highest BCUT2D eigenvalue weighted by Gasteiger charge is 2.36. The van der Waals surface area contributed by atoms with E-state index in [1.165, 1.54) is 18.2 Å². The van der Waals surface area contributed by atoms with Gasteiger partial charge >= 0.3 is 24.2 Å². The number of ether oxygens (including phenoxy) is 5. The van der Waals surface area contributed by atoms with Gasteiger partial charge < -0.3 is 34.5 Å². The van der Waals surface area contributed by atoms with Crippen LogP contribution in [0.15, 0.2) is 18.2 Å². The minimum atomic E-state index is -1.40. The maximum atomic E-state index is 12.6.